The lowest BCUT2D eigenvalue weighted by molar-refractivity contribution is 0.414. The summed E-state index contributed by atoms with van der Waals surface area (Å²) in [5.41, 5.74) is 2.80. The number of fused-ring (bicyclic) bond motifs is 1. The first-order chi connectivity index (χ1) is 13.2. The zero-order chi connectivity index (χ0) is 19.0. The van der Waals surface area contributed by atoms with Gasteiger partial charge in [-0.1, -0.05) is 19.1 Å². The third-order valence-electron chi connectivity index (χ3n) is 4.96. The molecule has 3 aromatic rings. The van der Waals surface area contributed by atoms with Crippen molar-refractivity contribution in [1.29, 1.82) is 0 Å². The molecule has 0 bridgehead atoms. The van der Waals surface area contributed by atoms with Crippen molar-refractivity contribution in [2.45, 2.75) is 26.7 Å². The van der Waals surface area contributed by atoms with Crippen LogP contribution in [0.5, 0.6) is 5.75 Å². The molecule has 1 aliphatic heterocycles. The Morgan fingerprint density at radius 2 is 2.15 bits per heavy atom. The van der Waals surface area contributed by atoms with E-state index in [1.807, 2.05) is 43.3 Å². The Bertz CT molecular complexity index is 1140. The summed E-state index contributed by atoms with van der Waals surface area (Å²) in [4.78, 5) is 17.7. The molecule has 1 aliphatic rings. The maximum absolute atomic E-state index is 13.2. The van der Waals surface area contributed by atoms with Gasteiger partial charge in [0.15, 0.2) is 5.84 Å². The van der Waals surface area contributed by atoms with E-state index in [0.717, 1.165) is 41.1 Å². The Balaban J connectivity index is 2.00. The highest BCUT2D eigenvalue weighted by Crippen LogP contribution is 2.28. The van der Waals surface area contributed by atoms with Gasteiger partial charge in [0.2, 0.25) is 0 Å². The van der Waals surface area contributed by atoms with Crippen LogP contribution in [0.4, 0.5) is 0 Å². The van der Waals surface area contributed by atoms with E-state index in [-0.39, 0.29) is 5.56 Å². The molecule has 6 heteroatoms. The monoisotopic (exact) mass is 362 g/mol. The average molecular weight is 362 g/mol. The number of methoxy groups -OCH3 is 1. The first kappa shape index (κ1) is 17.3. The van der Waals surface area contributed by atoms with Gasteiger partial charge in [0.1, 0.15) is 5.75 Å². The fourth-order valence-corrected chi connectivity index (χ4v) is 3.70. The van der Waals surface area contributed by atoms with E-state index in [9.17, 15) is 4.79 Å². The number of benzene rings is 1. The SMILES string of the molecule is CCc1c2cnn(C3=NCCC=C3)c(=O)c2c(C)n1-c1cccc(OC)c1. The minimum atomic E-state index is -0.133. The molecule has 0 unspecified atom stereocenters. The van der Waals surface area contributed by atoms with E-state index < -0.39 is 0 Å². The van der Waals surface area contributed by atoms with E-state index >= 15 is 0 Å². The van der Waals surface area contributed by atoms with Gasteiger partial charge in [0, 0.05) is 35.1 Å². The number of ether oxygens (including phenoxy) is 1. The summed E-state index contributed by atoms with van der Waals surface area (Å²) in [6.07, 6.45) is 7.34. The zero-order valence-electron chi connectivity index (χ0n) is 15.8. The van der Waals surface area contributed by atoms with E-state index in [4.69, 9.17) is 4.74 Å². The number of allylic oxidation sites excluding steroid dienone is 1. The van der Waals surface area contributed by atoms with Gasteiger partial charge in [0.05, 0.1) is 18.7 Å². The fraction of sp³-hybridized carbons (Fsp3) is 0.286. The summed E-state index contributed by atoms with van der Waals surface area (Å²) in [6.45, 7) is 4.75. The molecule has 0 spiro atoms. The third kappa shape index (κ3) is 2.77. The van der Waals surface area contributed by atoms with E-state index in [2.05, 4.69) is 21.6 Å². The van der Waals surface area contributed by atoms with Crippen LogP contribution in [-0.2, 0) is 6.42 Å². The van der Waals surface area contributed by atoms with Gasteiger partial charge in [-0.2, -0.15) is 9.78 Å². The lowest BCUT2D eigenvalue weighted by Crippen LogP contribution is -2.29. The zero-order valence-corrected chi connectivity index (χ0v) is 15.8. The molecule has 1 aromatic carbocycles. The van der Waals surface area contributed by atoms with Crippen molar-refractivity contribution in [3.63, 3.8) is 0 Å². The maximum Gasteiger partial charge on any atom is 0.282 e. The highest BCUT2D eigenvalue weighted by atomic mass is 16.5. The van der Waals surface area contributed by atoms with Gasteiger partial charge in [-0.05, 0) is 38.0 Å². The molecule has 0 fully saturated rings. The summed E-state index contributed by atoms with van der Waals surface area (Å²) in [5, 5.41) is 5.98. The van der Waals surface area contributed by atoms with Crippen LogP contribution in [0.15, 0.2) is 52.4 Å². The van der Waals surface area contributed by atoms with Gasteiger partial charge < -0.3 is 9.30 Å². The summed E-state index contributed by atoms with van der Waals surface area (Å²) in [5.74, 6) is 1.38. The van der Waals surface area contributed by atoms with Gasteiger partial charge >= 0.3 is 0 Å². The minimum absolute atomic E-state index is 0.133. The van der Waals surface area contributed by atoms with Crippen LogP contribution in [0.3, 0.4) is 0 Å². The number of aromatic nitrogens is 3. The van der Waals surface area contributed by atoms with Crippen LogP contribution < -0.4 is 10.3 Å². The molecule has 0 atom stereocenters. The van der Waals surface area contributed by atoms with E-state index in [1.54, 1.807) is 13.3 Å². The summed E-state index contributed by atoms with van der Waals surface area (Å²) in [6, 6.07) is 7.87. The largest absolute Gasteiger partial charge is 0.497 e. The molecular formula is C21H22N4O2. The molecule has 0 aliphatic carbocycles. The Morgan fingerprint density at radius 3 is 2.85 bits per heavy atom. The number of hydrogen-bond donors (Lipinski definition) is 0. The van der Waals surface area contributed by atoms with E-state index in [1.165, 1.54) is 4.68 Å². The van der Waals surface area contributed by atoms with E-state index in [0.29, 0.717) is 17.8 Å². The molecular weight excluding hydrogens is 340 g/mol. The Kier molecular flexibility index (Phi) is 4.39. The van der Waals surface area contributed by atoms with Crippen LogP contribution >= 0.6 is 0 Å². The topological polar surface area (TPSA) is 61.4 Å². The summed E-state index contributed by atoms with van der Waals surface area (Å²) in [7, 11) is 1.65. The predicted octanol–water partition coefficient (Wildman–Crippen LogP) is 3.27. The molecule has 0 amide bonds. The van der Waals surface area contributed by atoms with Crippen LogP contribution in [-0.4, -0.2) is 33.8 Å². The third-order valence-corrected chi connectivity index (χ3v) is 4.96. The van der Waals surface area contributed by atoms with Crippen molar-refractivity contribution in [1.82, 2.24) is 14.3 Å². The standard InChI is InChI=1S/C21H22N4O2/c1-4-18-17-13-23-25(19-10-5-6-11-22-19)21(26)20(17)14(2)24(18)15-8-7-9-16(12-15)27-3/h5,7-10,12-13H,4,6,11H2,1-3H3. The molecule has 3 heterocycles. The number of rotatable bonds is 3. The van der Waals surface area contributed by atoms with Gasteiger partial charge in [0.25, 0.3) is 5.56 Å². The lowest BCUT2D eigenvalue weighted by atomic mass is 10.2. The summed E-state index contributed by atoms with van der Waals surface area (Å²) < 4.78 is 8.90. The van der Waals surface area contributed by atoms with Crippen LogP contribution in [0, 0.1) is 6.92 Å². The van der Waals surface area contributed by atoms with Gasteiger partial charge in [-0.3, -0.25) is 9.79 Å². The highest BCUT2D eigenvalue weighted by Gasteiger charge is 2.20. The van der Waals surface area contributed by atoms with Gasteiger partial charge in [-0.15, -0.1) is 0 Å². The maximum atomic E-state index is 13.2. The second kappa shape index (κ2) is 6.87. The molecule has 4 rings (SSSR count). The number of aryl methyl sites for hydroxylation is 2. The Labute approximate surface area is 157 Å². The normalized spacial score (nSPS) is 13.8. The molecule has 0 saturated carbocycles. The molecule has 2 aromatic heterocycles. The first-order valence-electron chi connectivity index (χ1n) is 9.13. The minimum Gasteiger partial charge on any atom is -0.497 e. The van der Waals surface area contributed by atoms with Crippen LogP contribution in [0.1, 0.15) is 24.7 Å². The molecule has 138 valence electrons. The molecule has 0 N–H and O–H groups in total. The highest BCUT2D eigenvalue weighted by molar-refractivity contribution is 5.97. The summed E-state index contributed by atoms with van der Waals surface area (Å²) >= 11 is 0. The molecule has 0 radical (unpaired) electrons. The number of aliphatic imine (C=N–C) groups is 1. The van der Waals surface area contributed by atoms with Gasteiger partial charge in [-0.25, -0.2) is 0 Å². The van der Waals surface area contributed by atoms with Crippen molar-refractivity contribution in [3.8, 4) is 11.4 Å². The number of hydrogen-bond acceptors (Lipinski definition) is 4. The van der Waals surface area contributed by atoms with Crippen molar-refractivity contribution in [2.24, 2.45) is 4.99 Å². The molecule has 0 saturated heterocycles. The van der Waals surface area contributed by atoms with Crippen molar-refractivity contribution in [3.05, 3.63) is 64.4 Å². The van der Waals surface area contributed by atoms with Crippen molar-refractivity contribution >= 4 is 16.6 Å². The van der Waals surface area contributed by atoms with Crippen LogP contribution in [0.2, 0.25) is 0 Å². The van der Waals surface area contributed by atoms with Crippen molar-refractivity contribution in [2.75, 3.05) is 13.7 Å². The smallest absolute Gasteiger partial charge is 0.282 e. The Morgan fingerprint density at radius 1 is 1.30 bits per heavy atom. The average Bonchev–Trinajstić information content (AvgIpc) is 3.01. The predicted molar refractivity (Wildman–Crippen MR) is 107 cm³/mol. The van der Waals surface area contributed by atoms with Crippen LogP contribution in [0.25, 0.3) is 16.5 Å². The number of nitrogens with zero attached hydrogens (tertiary/aromatic N) is 4. The second-order valence-corrected chi connectivity index (χ2v) is 6.50. The van der Waals surface area contributed by atoms with Crippen molar-refractivity contribution < 1.29 is 4.74 Å². The second-order valence-electron chi connectivity index (χ2n) is 6.50. The molecule has 6 nitrogen and oxygen atoms in total. The number of dihydropyridines is 1. The quantitative estimate of drug-likeness (QED) is 0.718. The first-order valence-corrected chi connectivity index (χ1v) is 9.13. The lowest BCUT2D eigenvalue weighted by Gasteiger charge is -2.12. The molecule has 27 heavy (non-hydrogen) atoms. The Hall–Kier alpha value is -3.15. The fourth-order valence-electron chi connectivity index (χ4n) is 3.70.